The Morgan fingerprint density at radius 1 is 1.07 bits per heavy atom. The molecule has 2 aromatic heterocycles. The SMILES string of the molecule is Cc1ncc(CNC(=O)c2ccc(CNC(=O)c3cccc(C#N)c3)cn2)s1. The fraction of sp³-hybridized carbons (Fsp3) is 0.150. The number of rotatable bonds is 6. The van der Waals surface area contributed by atoms with Crippen LogP contribution in [0.5, 0.6) is 0 Å². The van der Waals surface area contributed by atoms with E-state index in [2.05, 4.69) is 20.6 Å². The number of hydrogen-bond acceptors (Lipinski definition) is 6. The van der Waals surface area contributed by atoms with Gasteiger partial charge in [-0.3, -0.25) is 14.6 Å². The molecule has 0 radical (unpaired) electrons. The highest BCUT2D eigenvalue weighted by molar-refractivity contribution is 7.11. The van der Waals surface area contributed by atoms with Crippen LogP contribution in [0.3, 0.4) is 0 Å². The minimum Gasteiger partial charge on any atom is -0.348 e. The van der Waals surface area contributed by atoms with Gasteiger partial charge in [0.1, 0.15) is 5.69 Å². The number of carbonyl (C=O) groups is 2. The van der Waals surface area contributed by atoms with Crippen LogP contribution in [-0.2, 0) is 13.1 Å². The van der Waals surface area contributed by atoms with E-state index in [4.69, 9.17) is 5.26 Å². The molecule has 8 heteroatoms. The molecule has 0 unspecified atom stereocenters. The first-order valence-electron chi connectivity index (χ1n) is 8.48. The van der Waals surface area contributed by atoms with E-state index >= 15 is 0 Å². The van der Waals surface area contributed by atoms with E-state index in [-0.39, 0.29) is 18.4 Å². The van der Waals surface area contributed by atoms with Crippen molar-refractivity contribution in [2.24, 2.45) is 0 Å². The van der Waals surface area contributed by atoms with Crippen LogP contribution in [0.4, 0.5) is 0 Å². The normalized spacial score (nSPS) is 10.1. The number of nitrogens with zero attached hydrogens (tertiary/aromatic N) is 3. The Hall–Kier alpha value is -3.57. The molecule has 2 heterocycles. The van der Waals surface area contributed by atoms with Crippen molar-refractivity contribution in [3.63, 3.8) is 0 Å². The maximum absolute atomic E-state index is 12.2. The molecule has 28 heavy (non-hydrogen) atoms. The molecule has 0 aliphatic rings. The number of hydrogen-bond donors (Lipinski definition) is 2. The van der Waals surface area contributed by atoms with Gasteiger partial charge in [0, 0.05) is 29.4 Å². The molecule has 0 bridgehead atoms. The van der Waals surface area contributed by atoms with Crippen LogP contribution in [0, 0.1) is 18.3 Å². The molecular formula is C20H17N5O2S. The number of aryl methyl sites for hydroxylation is 1. The lowest BCUT2D eigenvalue weighted by atomic mass is 10.1. The van der Waals surface area contributed by atoms with Crippen LogP contribution >= 0.6 is 11.3 Å². The molecule has 3 aromatic rings. The summed E-state index contributed by atoms with van der Waals surface area (Å²) >= 11 is 1.53. The predicted molar refractivity (Wildman–Crippen MR) is 105 cm³/mol. The third-order valence-corrected chi connectivity index (χ3v) is 4.77. The first-order valence-corrected chi connectivity index (χ1v) is 9.29. The zero-order valence-electron chi connectivity index (χ0n) is 15.1. The standard InChI is InChI=1S/C20H17N5O2S/c1-13-22-11-17(28-13)12-25-20(27)18-6-5-15(9-23-18)10-24-19(26)16-4-2-3-14(7-16)8-21/h2-7,9,11H,10,12H2,1H3,(H,24,26)(H,25,27). The monoisotopic (exact) mass is 391 g/mol. The van der Waals surface area contributed by atoms with E-state index in [1.807, 2.05) is 13.0 Å². The molecule has 1 aromatic carbocycles. The summed E-state index contributed by atoms with van der Waals surface area (Å²) in [7, 11) is 0. The van der Waals surface area contributed by atoms with Gasteiger partial charge in [-0.15, -0.1) is 11.3 Å². The first-order chi connectivity index (χ1) is 13.5. The number of pyridine rings is 1. The summed E-state index contributed by atoms with van der Waals surface area (Å²) in [5.74, 6) is -0.547. The molecule has 0 aliphatic heterocycles. The minimum atomic E-state index is -0.279. The fourth-order valence-electron chi connectivity index (χ4n) is 2.42. The van der Waals surface area contributed by atoms with Crippen molar-refractivity contribution in [2.75, 3.05) is 0 Å². The van der Waals surface area contributed by atoms with Crippen molar-refractivity contribution in [3.05, 3.63) is 81.1 Å². The summed E-state index contributed by atoms with van der Waals surface area (Å²) in [4.78, 5) is 33.6. The molecule has 0 atom stereocenters. The smallest absolute Gasteiger partial charge is 0.270 e. The van der Waals surface area contributed by atoms with E-state index in [0.29, 0.717) is 23.4 Å². The summed E-state index contributed by atoms with van der Waals surface area (Å²) in [6.45, 7) is 2.59. The second-order valence-electron chi connectivity index (χ2n) is 5.96. The topological polar surface area (TPSA) is 108 Å². The van der Waals surface area contributed by atoms with Crippen LogP contribution < -0.4 is 10.6 Å². The molecular weight excluding hydrogens is 374 g/mol. The zero-order chi connectivity index (χ0) is 19.9. The summed E-state index contributed by atoms with van der Waals surface area (Å²) in [6, 6.07) is 11.8. The molecule has 0 fully saturated rings. The third-order valence-electron chi connectivity index (χ3n) is 3.86. The van der Waals surface area contributed by atoms with E-state index < -0.39 is 0 Å². The Morgan fingerprint density at radius 3 is 2.57 bits per heavy atom. The molecule has 140 valence electrons. The zero-order valence-corrected chi connectivity index (χ0v) is 15.9. The summed E-state index contributed by atoms with van der Waals surface area (Å²) in [5.41, 5.74) is 1.91. The number of thiazole rings is 1. The Labute approximate surface area is 166 Å². The largest absolute Gasteiger partial charge is 0.348 e. The number of amides is 2. The lowest BCUT2D eigenvalue weighted by Crippen LogP contribution is -2.24. The quantitative estimate of drug-likeness (QED) is 0.671. The van der Waals surface area contributed by atoms with Gasteiger partial charge in [0.25, 0.3) is 11.8 Å². The highest BCUT2D eigenvalue weighted by Crippen LogP contribution is 2.11. The number of nitrogens with one attached hydrogen (secondary N) is 2. The van der Waals surface area contributed by atoms with Crippen molar-refractivity contribution in [1.82, 2.24) is 20.6 Å². The van der Waals surface area contributed by atoms with Gasteiger partial charge in [-0.1, -0.05) is 12.1 Å². The first kappa shape index (κ1) is 19.2. The van der Waals surface area contributed by atoms with E-state index in [1.165, 1.54) is 17.4 Å². The molecule has 0 aliphatic carbocycles. The van der Waals surface area contributed by atoms with E-state index in [9.17, 15) is 9.59 Å². The van der Waals surface area contributed by atoms with Crippen LogP contribution in [-0.4, -0.2) is 21.8 Å². The molecule has 7 nitrogen and oxygen atoms in total. The van der Waals surface area contributed by atoms with Crippen molar-refractivity contribution in [1.29, 1.82) is 5.26 Å². The van der Waals surface area contributed by atoms with Gasteiger partial charge < -0.3 is 10.6 Å². The highest BCUT2D eigenvalue weighted by atomic mass is 32.1. The highest BCUT2D eigenvalue weighted by Gasteiger charge is 2.09. The number of nitriles is 1. The van der Waals surface area contributed by atoms with Crippen LogP contribution in [0.2, 0.25) is 0 Å². The van der Waals surface area contributed by atoms with Crippen molar-refractivity contribution in [2.45, 2.75) is 20.0 Å². The second-order valence-corrected chi connectivity index (χ2v) is 7.27. The van der Waals surface area contributed by atoms with Gasteiger partial charge in [0.2, 0.25) is 0 Å². The summed E-state index contributed by atoms with van der Waals surface area (Å²) in [6.07, 6.45) is 3.30. The van der Waals surface area contributed by atoms with Gasteiger partial charge in [-0.25, -0.2) is 4.98 Å². The predicted octanol–water partition coefficient (Wildman–Crippen LogP) is 2.58. The Morgan fingerprint density at radius 2 is 1.89 bits per heavy atom. The Bertz CT molecular complexity index is 1040. The van der Waals surface area contributed by atoms with Gasteiger partial charge in [-0.05, 0) is 36.8 Å². The van der Waals surface area contributed by atoms with E-state index in [1.54, 1.807) is 42.7 Å². The number of benzene rings is 1. The number of carbonyl (C=O) groups excluding carboxylic acids is 2. The van der Waals surface area contributed by atoms with Crippen LogP contribution in [0.1, 0.15) is 41.9 Å². The van der Waals surface area contributed by atoms with Crippen LogP contribution in [0.25, 0.3) is 0 Å². The molecule has 3 rings (SSSR count). The van der Waals surface area contributed by atoms with Crippen LogP contribution in [0.15, 0.2) is 48.8 Å². The lowest BCUT2D eigenvalue weighted by molar-refractivity contribution is 0.0938. The second kappa shape index (κ2) is 8.88. The van der Waals surface area contributed by atoms with Crippen molar-refractivity contribution < 1.29 is 9.59 Å². The molecule has 2 amide bonds. The van der Waals surface area contributed by atoms with Gasteiger partial charge in [0.05, 0.1) is 23.2 Å². The molecule has 0 saturated carbocycles. The summed E-state index contributed by atoms with van der Waals surface area (Å²) in [5, 5.41) is 15.4. The van der Waals surface area contributed by atoms with Gasteiger partial charge >= 0.3 is 0 Å². The average molecular weight is 391 g/mol. The van der Waals surface area contributed by atoms with Crippen molar-refractivity contribution >= 4 is 23.2 Å². The maximum atomic E-state index is 12.2. The lowest BCUT2D eigenvalue weighted by Gasteiger charge is -2.07. The molecule has 2 N–H and O–H groups in total. The maximum Gasteiger partial charge on any atom is 0.270 e. The fourth-order valence-corrected chi connectivity index (χ4v) is 3.16. The summed E-state index contributed by atoms with van der Waals surface area (Å²) < 4.78 is 0. The third kappa shape index (κ3) is 4.99. The molecule has 0 spiro atoms. The van der Waals surface area contributed by atoms with Crippen molar-refractivity contribution in [3.8, 4) is 6.07 Å². The molecule has 0 saturated heterocycles. The Kier molecular flexibility index (Phi) is 6.09. The minimum absolute atomic E-state index is 0.269. The van der Waals surface area contributed by atoms with E-state index in [0.717, 1.165) is 15.4 Å². The number of aromatic nitrogens is 2. The Balaban J connectivity index is 1.53. The van der Waals surface area contributed by atoms with Gasteiger partial charge in [0.15, 0.2) is 0 Å². The van der Waals surface area contributed by atoms with Gasteiger partial charge in [-0.2, -0.15) is 5.26 Å². The average Bonchev–Trinajstić information content (AvgIpc) is 3.15.